The molecule has 108 valence electrons. The second-order valence-electron chi connectivity index (χ2n) is 5.89. The molecule has 0 atom stereocenters. The molecule has 0 aliphatic heterocycles. The van der Waals surface area contributed by atoms with E-state index < -0.39 is 0 Å². The molecular weight excluding hydrogens is 270 g/mol. The molecule has 2 N–H and O–H groups in total. The van der Waals surface area contributed by atoms with Gasteiger partial charge in [-0.1, -0.05) is 19.3 Å². The third-order valence-electron chi connectivity index (χ3n) is 4.41. The third kappa shape index (κ3) is 2.52. The zero-order valence-corrected chi connectivity index (χ0v) is 12.7. The number of hydrogen-bond donors (Lipinski definition) is 2. The molecule has 1 saturated carbocycles. The van der Waals surface area contributed by atoms with Crippen LogP contribution < -0.4 is 5.32 Å². The molecule has 0 saturated heterocycles. The average molecular weight is 291 g/mol. The maximum Gasteiger partial charge on any atom is 0.147 e. The van der Waals surface area contributed by atoms with Gasteiger partial charge in [-0.15, -0.1) is 11.3 Å². The number of aromatic nitrogens is 2. The molecule has 4 nitrogen and oxygen atoms in total. The van der Waals surface area contributed by atoms with Crippen LogP contribution in [-0.4, -0.2) is 28.2 Å². The summed E-state index contributed by atoms with van der Waals surface area (Å²) in [6.45, 7) is 3.14. The molecule has 1 fully saturated rings. The molecule has 0 unspecified atom stereocenters. The first-order valence-electron chi connectivity index (χ1n) is 7.28. The van der Waals surface area contributed by atoms with E-state index in [9.17, 15) is 5.11 Å². The molecule has 3 rings (SSSR count). The summed E-state index contributed by atoms with van der Waals surface area (Å²) >= 11 is 1.68. The van der Waals surface area contributed by atoms with Crippen molar-refractivity contribution in [1.29, 1.82) is 0 Å². The van der Waals surface area contributed by atoms with E-state index in [0.29, 0.717) is 0 Å². The summed E-state index contributed by atoms with van der Waals surface area (Å²) in [5, 5.41) is 15.3. The van der Waals surface area contributed by atoms with Crippen molar-refractivity contribution in [2.45, 2.75) is 39.0 Å². The summed E-state index contributed by atoms with van der Waals surface area (Å²) < 4.78 is 1.12. The van der Waals surface area contributed by atoms with Crippen LogP contribution in [0.4, 0.5) is 5.82 Å². The lowest BCUT2D eigenvalue weighted by molar-refractivity contribution is 0.0943. The van der Waals surface area contributed by atoms with Crippen molar-refractivity contribution in [1.82, 2.24) is 9.97 Å². The monoisotopic (exact) mass is 291 g/mol. The Kier molecular flexibility index (Phi) is 3.89. The van der Waals surface area contributed by atoms with Gasteiger partial charge in [-0.2, -0.15) is 0 Å². The van der Waals surface area contributed by atoms with Crippen molar-refractivity contribution in [3.05, 3.63) is 17.3 Å². The topological polar surface area (TPSA) is 58.0 Å². The molecule has 1 aliphatic rings. The summed E-state index contributed by atoms with van der Waals surface area (Å²) in [6, 6.07) is 0. The number of fused-ring (bicyclic) bond motifs is 1. The van der Waals surface area contributed by atoms with Crippen LogP contribution in [0.15, 0.2) is 11.7 Å². The quantitative estimate of drug-likeness (QED) is 0.907. The number of aliphatic hydroxyl groups is 1. The van der Waals surface area contributed by atoms with E-state index in [2.05, 4.69) is 27.6 Å². The highest BCUT2D eigenvalue weighted by molar-refractivity contribution is 7.18. The number of nitrogens with one attached hydrogen (secondary N) is 1. The van der Waals surface area contributed by atoms with E-state index in [1.807, 2.05) is 0 Å². The average Bonchev–Trinajstić information content (AvgIpc) is 2.88. The minimum absolute atomic E-state index is 0.0296. The molecule has 2 heterocycles. The molecular formula is C15H21N3OS. The van der Waals surface area contributed by atoms with Crippen LogP contribution in [0, 0.1) is 12.3 Å². The maximum atomic E-state index is 9.77. The molecule has 0 spiro atoms. The summed E-state index contributed by atoms with van der Waals surface area (Å²) in [6.07, 6.45) is 7.57. The summed E-state index contributed by atoms with van der Waals surface area (Å²) in [5.41, 5.74) is 2.26. The number of nitrogens with zero attached hydrogens (tertiary/aromatic N) is 2. The number of hydrogen-bond acceptors (Lipinski definition) is 5. The first kappa shape index (κ1) is 13.8. The van der Waals surface area contributed by atoms with Gasteiger partial charge in [0.05, 0.1) is 16.8 Å². The maximum absolute atomic E-state index is 9.77. The van der Waals surface area contributed by atoms with Crippen molar-refractivity contribution in [3.63, 3.8) is 0 Å². The van der Waals surface area contributed by atoms with Gasteiger partial charge in [-0.3, -0.25) is 0 Å². The molecule has 0 bridgehead atoms. The Balaban J connectivity index is 1.79. The van der Waals surface area contributed by atoms with Gasteiger partial charge >= 0.3 is 0 Å². The van der Waals surface area contributed by atoms with Crippen molar-refractivity contribution in [2.75, 3.05) is 18.5 Å². The number of rotatable bonds is 4. The van der Waals surface area contributed by atoms with Crippen LogP contribution in [0.3, 0.4) is 0 Å². The Morgan fingerprint density at radius 1 is 1.30 bits per heavy atom. The van der Waals surface area contributed by atoms with E-state index in [-0.39, 0.29) is 12.0 Å². The molecule has 2 aromatic heterocycles. The SMILES string of the molecule is Cc1csc2c(NCC3(CO)CCCCC3)ncnc12. The standard InChI is InChI=1S/C15H21N3OS/c1-11-7-20-13-12(11)17-10-18-14(13)16-8-15(9-19)5-3-2-4-6-15/h7,10,19H,2-6,8-9H2,1H3,(H,16,17,18). The zero-order valence-electron chi connectivity index (χ0n) is 11.9. The molecule has 0 aromatic carbocycles. The minimum atomic E-state index is 0.0296. The Morgan fingerprint density at radius 3 is 2.85 bits per heavy atom. The van der Waals surface area contributed by atoms with Crippen molar-refractivity contribution >= 4 is 27.4 Å². The first-order chi connectivity index (χ1) is 9.74. The highest BCUT2D eigenvalue weighted by Crippen LogP contribution is 2.37. The van der Waals surface area contributed by atoms with Gasteiger partial charge in [0.1, 0.15) is 12.1 Å². The van der Waals surface area contributed by atoms with Gasteiger partial charge in [0.25, 0.3) is 0 Å². The van der Waals surface area contributed by atoms with Gasteiger partial charge in [0, 0.05) is 12.0 Å². The molecule has 20 heavy (non-hydrogen) atoms. The molecule has 5 heteroatoms. The van der Waals surface area contributed by atoms with Gasteiger partial charge in [0.2, 0.25) is 0 Å². The van der Waals surface area contributed by atoms with Crippen molar-refractivity contribution in [3.8, 4) is 0 Å². The molecule has 0 radical (unpaired) electrons. The first-order valence-corrected chi connectivity index (χ1v) is 8.16. The molecule has 0 amide bonds. The van der Waals surface area contributed by atoms with E-state index >= 15 is 0 Å². The molecule has 2 aromatic rings. The third-order valence-corrected chi connectivity index (χ3v) is 5.51. The van der Waals surface area contributed by atoms with E-state index in [1.54, 1.807) is 17.7 Å². The van der Waals surface area contributed by atoms with Crippen molar-refractivity contribution < 1.29 is 5.11 Å². The number of thiophene rings is 1. The van der Waals surface area contributed by atoms with Crippen molar-refractivity contribution in [2.24, 2.45) is 5.41 Å². The van der Waals surface area contributed by atoms with Crippen LogP contribution in [0.25, 0.3) is 10.2 Å². The fourth-order valence-electron chi connectivity index (χ4n) is 3.06. The van der Waals surface area contributed by atoms with Gasteiger partial charge in [0.15, 0.2) is 0 Å². The second kappa shape index (κ2) is 5.66. The summed E-state index contributed by atoms with van der Waals surface area (Å²) in [7, 11) is 0. The number of aryl methyl sites for hydroxylation is 1. The minimum Gasteiger partial charge on any atom is -0.396 e. The molecule has 1 aliphatic carbocycles. The Hall–Kier alpha value is -1.20. The second-order valence-corrected chi connectivity index (χ2v) is 6.77. The van der Waals surface area contributed by atoms with Crippen LogP contribution in [-0.2, 0) is 0 Å². The fraction of sp³-hybridized carbons (Fsp3) is 0.600. The van der Waals surface area contributed by atoms with Gasteiger partial charge in [-0.05, 0) is 30.7 Å². The van der Waals surface area contributed by atoms with Crippen LogP contribution in [0.1, 0.15) is 37.7 Å². The van der Waals surface area contributed by atoms with Crippen LogP contribution in [0.5, 0.6) is 0 Å². The Bertz CT molecular complexity index is 590. The summed E-state index contributed by atoms with van der Waals surface area (Å²) in [5.74, 6) is 0.909. The smallest absolute Gasteiger partial charge is 0.147 e. The number of anilines is 1. The Morgan fingerprint density at radius 2 is 2.10 bits per heavy atom. The Labute approximate surface area is 123 Å². The highest BCUT2D eigenvalue weighted by Gasteiger charge is 2.31. The van der Waals surface area contributed by atoms with Crippen LogP contribution >= 0.6 is 11.3 Å². The van der Waals surface area contributed by atoms with E-state index in [0.717, 1.165) is 35.4 Å². The van der Waals surface area contributed by atoms with Crippen LogP contribution in [0.2, 0.25) is 0 Å². The lowest BCUT2D eigenvalue weighted by atomic mass is 9.74. The van der Waals surface area contributed by atoms with E-state index in [1.165, 1.54) is 24.8 Å². The number of aliphatic hydroxyl groups excluding tert-OH is 1. The normalized spacial score (nSPS) is 18.3. The van der Waals surface area contributed by atoms with Gasteiger partial charge in [-0.25, -0.2) is 9.97 Å². The fourth-order valence-corrected chi connectivity index (χ4v) is 4.03. The largest absolute Gasteiger partial charge is 0.396 e. The lowest BCUT2D eigenvalue weighted by Gasteiger charge is -2.35. The zero-order chi connectivity index (χ0) is 14.0. The van der Waals surface area contributed by atoms with E-state index in [4.69, 9.17) is 0 Å². The highest BCUT2D eigenvalue weighted by atomic mass is 32.1. The predicted molar refractivity (Wildman–Crippen MR) is 83.2 cm³/mol. The predicted octanol–water partition coefficient (Wildman–Crippen LogP) is 3.35. The lowest BCUT2D eigenvalue weighted by Crippen LogP contribution is -2.35. The van der Waals surface area contributed by atoms with Gasteiger partial charge < -0.3 is 10.4 Å². The summed E-state index contributed by atoms with van der Waals surface area (Å²) in [4.78, 5) is 8.72.